The van der Waals surface area contributed by atoms with E-state index in [9.17, 15) is 19.8 Å². The molecule has 2 atom stereocenters. The van der Waals surface area contributed by atoms with Gasteiger partial charge in [-0.05, 0) is 89.9 Å². The molecule has 0 aliphatic carbocycles. The van der Waals surface area contributed by atoms with Crippen molar-refractivity contribution in [3.8, 4) is 0 Å². The summed E-state index contributed by atoms with van der Waals surface area (Å²) in [7, 11) is 0. The molecule has 74 heavy (non-hydrogen) atoms. The van der Waals surface area contributed by atoms with Crippen molar-refractivity contribution >= 4 is 11.9 Å². The van der Waals surface area contributed by atoms with Crippen molar-refractivity contribution in [1.29, 1.82) is 0 Å². The first-order valence-corrected chi connectivity index (χ1v) is 32.9. The number of allylic oxidation sites excluding steroid dienone is 7. The van der Waals surface area contributed by atoms with E-state index >= 15 is 0 Å². The summed E-state index contributed by atoms with van der Waals surface area (Å²) < 4.78 is 5.48. The minimum Gasteiger partial charge on any atom is -0.466 e. The highest BCUT2D eigenvalue weighted by Gasteiger charge is 2.18. The first-order chi connectivity index (χ1) is 36.5. The van der Waals surface area contributed by atoms with Crippen molar-refractivity contribution in [2.75, 3.05) is 13.2 Å². The highest BCUT2D eigenvalue weighted by atomic mass is 16.5. The molecule has 3 N–H and O–H groups in total. The lowest BCUT2D eigenvalue weighted by Gasteiger charge is -2.20. The molecule has 0 spiro atoms. The van der Waals surface area contributed by atoms with Crippen LogP contribution in [0.3, 0.4) is 0 Å². The predicted octanol–water partition coefficient (Wildman–Crippen LogP) is 20.9. The molecule has 0 saturated carbocycles. The number of amides is 1. The number of esters is 1. The van der Waals surface area contributed by atoms with Gasteiger partial charge < -0.3 is 20.3 Å². The zero-order chi connectivity index (χ0) is 53.6. The number of hydrogen-bond donors (Lipinski definition) is 3. The number of aliphatic hydroxyl groups excluding tert-OH is 2. The van der Waals surface area contributed by atoms with Crippen molar-refractivity contribution in [3.05, 3.63) is 48.6 Å². The van der Waals surface area contributed by atoms with E-state index in [1.807, 2.05) is 6.08 Å². The molecule has 0 saturated heterocycles. The van der Waals surface area contributed by atoms with Crippen LogP contribution in [0.1, 0.15) is 348 Å². The summed E-state index contributed by atoms with van der Waals surface area (Å²) in [5.41, 5.74) is 0. The van der Waals surface area contributed by atoms with E-state index in [0.29, 0.717) is 19.4 Å². The van der Waals surface area contributed by atoms with Crippen molar-refractivity contribution < 1.29 is 24.5 Å². The third-order valence-corrected chi connectivity index (χ3v) is 15.1. The van der Waals surface area contributed by atoms with Gasteiger partial charge in [0, 0.05) is 12.8 Å². The summed E-state index contributed by atoms with van der Waals surface area (Å²) in [6.45, 7) is 4.91. The van der Waals surface area contributed by atoms with E-state index in [1.54, 1.807) is 6.08 Å². The third-order valence-electron chi connectivity index (χ3n) is 15.1. The second-order valence-corrected chi connectivity index (χ2v) is 22.4. The number of rotatable bonds is 61. The van der Waals surface area contributed by atoms with Crippen molar-refractivity contribution in [1.82, 2.24) is 5.32 Å². The van der Waals surface area contributed by atoms with Crippen LogP contribution in [-0.4, -0.2) is 47.4 Å². The Hall–Kier alpha value is -2.18. The summed E-state index contributed by atoms with van der Waals surface area (Å²) in [5, 5.41) is 23.2. The van der Waals surface area contributed by atoms with Gasteiger partial charge >= 0.3 is 5.97 Å². The van der Waals surface area contributed by atoms with Crippen molar-refractivity contribution in [2.24, 2.45) is 0 Å². The molecule has 0 aliphatic heterocycles. The van der Waals surface area contributed by atoms with Crippen LogP contribution in [0.15, 0.2) is 48.6 Å². The van der Waals surface area contributed by atoms with Crippen molar-refractivity contribution in [3.63, 3.8) is 0 Å². The SMILES string of the molecule is CCCCCCCCC/C=C\CCCCCCCC(=O)OCCCCCCCCCCC/C=C\C/C=C\CCCCCCCCCC(=O)NC(CO)C(O)/C=C/CCCCCCCCCCCCCCCCCC. The van der Waals surface area contributed by atoms with Crippen LogP contribution >= 0.6 is 0 Å². The van der Waals surface area contributed by atoms with E-state index in [2.05, 4.69) is 55.6 Å². The van der Waals surface area contributed by atoms with E-state index in [-0.39, 0.29) is 18.5 Å². The number of carbonyl (C=O) groups excluding carboxylic acids is 2. The fraction of sp³-hybridized carbons (Fsp3) is 0.853. The first-order valence-electron chi connectivity index (χ1n) is 32.9. The molecule has 2 unspecified atom stereocenters. The highest BCUT2D eigenvalue weighted by Crippen LogP contribution is 2.17. The van der Waals surface area contributed by atoms with Crippen molar-refractivity contribution in [2.45, 2.75) is 360 Å². The van der Waals surface area contributed by atoms with Crippen LogP contribution in [0.5, 0.6) is 0 Å². The summed E-state index contributed by atoms with van der Waals surface area (Å²) in [6, 6.07) is -0.637. The molecule has 6 heteroatoms. The Morgan fingerprint density at radius 2 is 0.676 bits per heavy atom. The molecule has 0 heterocycles. The van der Waals surface area contributed by atoms with Crippen LogP contribution in [0.25, 0.3) is 0 Å². The molecule has 0 radical (unpaired) electrons. The molecule has 0 rings (SSSR count). The standard InChI is InChI=1S/C68H127NO5/c1-3-5-7-9-11-13-15-17-19-21-29-32-36-40-44-48-52-56-60-66(71)65(64-70)69-67(72)61-57-53-49-45-41-37-33-30-27-25-23-22-24-26-28-31-35-39-43-47-51-55-59-63-74-68(73)62-58-54-50-46-42-38-34-20-18-16-14-12-10-8-6-4-2/h20,22,24-25,27,34,56,60,65-66,70-71H,3-19,21,23,26,28-33,35-55,57-59,61-64H2,1-2H3,(H,69,72)/b24-22-,27-25-,34-20-,60-56+. The minimum atomic E-state index is -0.852. The van der Waals surface area contributed by atoms with Crippen LogP contribution in [-0.2, 0) is 14.3 Å². The van der Waals surface area contributed by atoms with E-state index in [4.69, 9.17) is 4.74 Å². The fourth-order valence-electron chi connectivity index (χ4n) is 10.0. The fourth-order valence-corrected chi connectivity index (χ4v) is 10.0. The lowest BCUT2D eigenvalue weighted by molar-refractivity contribution is -0.143. The maximum Gasteiger partial charge on any atom is 0.305 e. The average Bonchev–Trinajstić information content (AvgIpc) is 3.40. The van der Waals surface area contributed by atoms with Gasteiger partial charge in [-0.2, -0.15) is 0 Å². The lowest BCUT2D eigenvalue weighted by atomic mass is 10.0. The van der Waals surface area contributed by atoms with E-state index in [0.717, 1.165) is 64.2 Å². The Morgan fingerprint density at radius 3 is 1.04 bits per heavy atom. The van der Waals surface area contributed by atoms with E-state index in [1.165, 1.54) is 257 Å². The third kappa shape index (κ3) is 59.1. The van der Waals surface area contributed by atoms with Gasteiger partial charge in [0.2, 0.25) is 5.91 Å². The maximum absolute atomic E-state index is 12.5. The number of hydrogen-bond acceptors (Lipinski definition) is 5. The largest absolute Gasteiger partial charge is 0.466 e. The highest BCUT2D eigenvalue weighted by molar-refractivity contribution is 5.76. The monoisotopic (exact) mass is 1040 g/mol. The van der Waals surface area contributed by atoms with Gasteiger partial charge in [-0.15, -0.1) is 0 Å². The van der Waals surface area contributed by atoms with Crippen LogP contribution in [0.2, 0.25) is 0 Å². The Labute approximate surface area is 461 Å². The van der Waals surface area contributed by atoms with E-state index < -0.39 is 12.1 Å². The smallest absolute Gasteiger partial charge is 0.305 e. The van der Waals surface area contributed by atoms with Crippen LogP contribution in [0, 0.1) is 0 Å². The summed E-state index contributed by atoms with van der Waals surface area (Å²) >= 11 is 0. The molecular weight excluding hydrogens is 911 g/mol. The van der Waals surface area contributed by atoms with Gasteiger partial charge in [-0.3, -0.25) is 9.59 Å². The van der Waals surface area contributed by atoms with Crippen LogP contribution < -0.4 is 5.32 Å². The quantitative estimate of drug-likeness (QED) is 0.0320. The van der Waals surface area contributed by atoms with Gasteiger partial charge in [-0.1, -0.05) is 294 Å². The Bertz CT molecular complexity index is 1240. The Morgan fingerprint density at radius 1 is 0.378 bits per heavy atom. The average molecular weight is 1040 g/mol. The normalized spacial score (nSPS) is 12.9. The van der Waals surface area contributed by atoms with Gasteiger partial charge in [0.05, 0.1) is 25.4 Å². The molecule has 0 aromatic heterocycles. The Kier molecular flexibility index (Phi) is 61.5. The van der Waals surface area contributed by atoms with Gasteiger partial charge in [0.15, 0.2) is 0 Å². The summed E-state index contributed by atoms with van der Waals surface area (Å²) in [6.07, 6.45) is 81.6. The molecule has 0 aromatic carbocycles. The zero-order valence-corrected chi connectivity index (χ0v) is 49.6. The number of nitrogens with one attached hydrogen (secondary N) is 1. The molecule has 0 bridgehead atoms. The second-order valence-electron chi connectivity index (χ2n) is 22.4. The molecule has 0 aromatic rings. The maximum atomic E-state index is 12.5. The molecule has 0 aliphatic rings. The van der Waals surface area contributed by atoms with Gasteiger partial charge in [0.25, 0.3) is 0 Å². The Balaban J connectivity index is 3.48. The van der Waals surface area contributed by atoms with Gasteiger partial charge in [0.1, 0.15) is 0 Å². The van der Waals surface area contributed by atoms with Crippen LogP contribution in [0.4, 0.5) is 0 Å². The second kappa shape index (κ2) is 63.4. The van der Waals surface area contributed by atoms with Gasteiger partial charge in [-0.25, -0.2) is 0 Å². The summed E-state index contributed by atoms with van der Waals surface area (Å²) in [4.78, 5) is 24.6. The zero-order valence-electron chi connectivity index (χ0n) is 49.6. The predicted molar refractivity (Wildman–Crippen MR) is 324 cm³/mol. The lowest BCUT2D eigenvalue weighted by Crippen LogP contribution is -2.45. The molecule has 434 valence electrons. The molecule has 0 fully saturated rings. The topological polar surface area (TPSA) is 95.9 Å². The number of aliphatic hydroxyl groups is 2. The molecule has 1 amide bonds. The molecule has 6 nitrogen and oxygen atoms in total. The number of carbonyl (C=O) groups is 2. The summed E-state index contributed by atoms with van der Waals surface area (Å²) in [5.74, 6) is -0.0777. The number of unbranched alkanes of at least 4 members (excludes halogenated alkanes) is 44. The minimum absolute atomic E-state index is 0.000889. The number of ether oxygens (including phenoxy) is 1. The first kappa shape index (κ1) is 71.8. The molecular formula is C68H127NO5.